The molecule has 18 heavy (non-hydrogen) atoms. The zero-order chi connectivity index (χ0) is 11.9. The van der Waals surface area contributed by atoms with E-state index in [2.05, 4.69) is 60.7 Å². The molecule has 0 unspecified atom stereocenters. The molecule has 0 fully saturated rings. The largest absolute Gasteiger partial charge is 0.0616 e. The average Bonchev–Trinajstić information content (AvgIpc) is 2.42. The molecule has 0 nitrogen and oxygen atoms in total. The molecule has 0 spiro atoms. The standard InChI is InChI=1S/C18H10/c1-2-6-14-10-18-12-16-8-4-3-7-15(16)11-17(18)9-13(14)5-1/h1-2,5-12H. The van der Waals surface area contributed by atoms with E-state index in [0.29, 0.717) is 0 Å². The van der Waals surface area contributed by atoms with Crippen molar-refractivity contribution in [1.82, 2.24) is 0 Å². The van der Waals surface area contributed by atoms with Gasteiger partial charge in [-0.1, -0.05) is 24.3 Å². The van der Waals surface area contributed by atoms with Crippen LogP contribution in [0.15, 0.2) is 60.7 Å². The Morgan fingerprint density at radius 1 is 0.500 bits per heavy atom. The summed E-state index contributed by atoms with van der Waals surface area (Å²) in [5.74, 6) is 0. The molecule has 82 valence electrons. The predicted octanol–water partition coefficient (Wildman–Crippen LogP) is 4.75. The molecule has 0 saturated heterocycles. The second kappa shape index (κ2) is 3.58. The van der Waals surface area contributed by atoms with Crippen LogP contribution in [-0.4, -0.2) is 0 Å². The number of hydrogen-bond acceptors (Lipinski definition) is 0. The summed E-state index contributed by atoms with van der Waals surface area (Å²) in [6, 6.07) is 27.4. The van der Waals surface area contributed by atoms with Gasteiger partial charge in [0.1, 0.15) is 0 Å². The second-order valence-electron chi connectivity index (χ2n) is 4.60. The minimum absolute atomic E-state index is 1.22. The summed E-state index contributed by atoms with van der Waals surface area (Å²) in [5.41, 5.74) is 0. The van der Waals surface area contributed by atoms with Gasteiger partial charge in [-0.2, -0.15) is 0 Å². The van der Waals surface area contributed by atoms with Crippen molar-refractivity contribution < 1.29 is 0 Å². The highest BCUT2D eigenvalue weighted by atomic mass is 14.0. The third-order valence-electron chi connectivity index (χ3n) is 3.45. The van der Waals surface area contributed by atoms with E-state index >= 15 is 0 Å². The van der Waals surface area contributed by atoms with E-state index in [4.69, 9.17) is 0 Å². The third kappa shape index (κ3) is 1.39. The van der Waals surface area contributed by atoms with Crippen molar-refractivity contribution in [2.75, 3.05) is 0 Å². The van der Waals surface area contributed by atoms with Gasteiger partial charge in [-0.3, -0.25) is 0 Å². The molecule has 4 rings (SSSR count). The zero-order valence-corrected chi connectivity index (χ0v) is 9.77. The molecule has 0 aliphatic rings. The first-order valence-corrected chi connectivity index (χ1v) is 6.04. The lowest BCUT2D eigenvalue weighted by Gasteiger charge is -2.04. The summed E-state index contributed by atoms with van der Waals surface area (Å²) < 4.78 is 0. The first-order valence-electron chi connectivity index (χ1n) is 6.04. The Morgan fingerprint density at radius 2 is 0.944 bits per heavy atom. The molecule has 0 saturated carbocycles. The minimum Gasteiger partial charge on any atom is -0.0616 e. The minimum atomic E-state index is 1.22. The van der Waals surface area contributed by atoms with Crippen molar-refractivity contribution in [2.45, 2.75) is 0 Å². The van der Waals surface area contributed by atoms with Crippen LogP contribution in [0.5, 0.6) is 0 Å². The molecule has 0 aliphatic heterocycles. The summed E-state index contributed by atoms with van der Waals surface area (Å²) in [7, 11) is 0. The van der Waals surface area contributed by atoms with E-state index < -0.39 is 0 Å². The van der Waals surface area contributed by atoms with Crippen LogP contribution in [-0.2, 0) is 0 Å². The molecule has 0 bridgehead atoms. The molecule has 4 aromatic carbocycles. The number of hydrogen-bond donors (Lipinski definition) is 0. The summed E-state index contributed by atoms with van der Waals surface area (Å²) >= 11 is 0. The molecule has 0 aliphatic carbocycles. The fourth-order valence-electron chi connectivity index (χ4n) is 2.52. The smallest absolute Gasteiger partial charge is 0.00923 e. The molecule has 0 N–H and O–H groups in total. The first kappa shape index (κ1) is 9.67. The van der Waals surface area contributed by atoms with Gasteiger partial charge < -0.3 is 0 Å². The fraction of sp³-hybridized carbons (Fsp3) is 0. The number of rotatable bonds is 0. The highest BCUT2D eigenvalue weighted by molar-refractivity contribution is 6.04. The van der Waals surface area contributed by atoms with E-state index in [1.54, 1.807) is 0 Å². The maximum atomic E-state index is 3.01. The lowest BCUT2D eigenvalue weighted by molar-refractivity contribution is 1.75. The summed E-state index contributed by atoms with van der Waals surface area (Å²) in [6.45, 7) is 0. The maximum Gasteiger partial charge on any atom is -0.00923 e. The van der Waals surface area contributed by atoms with Gasteiger partial charge in [0.25, 0.3) is 0 Å². The van der Waals surface area contributed by atoms with Crippen LogP contribution in [0.25, 0.3) is 32.3 Å². The van der Waals surface area contributed by atoms with Crippen LogP contribution >= 0.6 is 0 Å². The molecule has 0 heteroatoms. The Labute approximate surface area is 105 Å². The monoisotopic (exact) mass is 226 g/mol. The third-order valence-corrected chi connectivity index (χ3v) is 3.45. The summed E-state index contributed by atoms with van der Waals surface area (Å²) in [5, 5.41) is 7.57. The fourth-order valence-corrected chi connectivity index (χ4v) is 2.52. The molecule has 0 heterocycles. The van der Waals surface area contributed by atoms with Crippen molar-refractivity contribution >= 4 is 32.3 Å². The van der Waals surface area contributed by atoms with Gasteiger partial charge in [-0.05, 0) is 80.8 Å². The van der Waals surface area contributed by atoms with Gasteiger partial charge >= 0.3 is 0 Å². The van der Waals surface area contributed by atoms with Crippen LogP contribution < -0.4 is 0 Å². The Balaban J connectivity index is 2.20. The molecular formula is C18H10. The van der Waals surface area contributed by atoms with E-state index in [-0.39, 0.29) is 0 Å². The van der Waals surface area contributed by atoms with Crippen LogP contribution in [0.1, 0.15) is 0 Å². The van der Waals surface area contributed by atoms with E-state index in [1.165, 1.54) is 32.3 Å². The van der Waals surface area contributed by atoms with Gasteiger partial charge in [0.2, 0.25) is 0 Å². The van der Waals surface area contributed by atoms with Crippen molar-refractivity contribution in [3.8, 4) is 0 Å². The SMILES string of the molecule is [c]1[c]cc2cc3cc4ccccc4cc3cc2c1. The van der Waals surface area contributed by atoms with Gasteiger partial charge in [0.15, 0.2) is 0 Å². The molecule has 0 amide bonds. The number of benzene rings is 4. The second-order valence-corrected chi connectivity index (χ2v) is 4.60. The Hall–Kier alpha value is -2.34. The highest BCUT2D eigenvalue weighted by Gasteiger charge is 2.00. The van der Waals surface area contributed by atoms with E-state index in [9.17, 15) is 0 Å². The summed E-state index contributed by atoms with van der Waals surface area (Å²) in [6.07, 6.45) is 0. The van der Waals surface area contributed by atoms with E-state index in [0.717, 1.165) is 0 Å². The van der Waals surface area contributed by atoms with Crippen LogP contribution in [0.4, 0.5) is 0 Å². The number of fused-ring (bicyclic) bond motifs is 3. The normalized spacial score (nSPS) is 11.3. The van der Waals surface area contributed by atoms with Gasteiger partial charge in [-0.15, -0.1) is 0 Å². The molecule has 0 atom stereocenters. The Morgan fingerprint density at radius 3 is 1.44 bits per heavy atom. The van der Waals surface area contributed by atoms with Crippen LogP contribution in [0.3, 0.4) is 0 Å². The van der Waals surface area contributed by atoms with Gasteiger partial charge in [0, 0.05) is 0 Å². The van der Waals surface area contributed by atoms with Crippen LogP contribution in [0.2, 0.25) is 0 Å². The quantitative estimate of drug-likeness (QED) is 0.380. The van der Waals surface area contributed by atoms with Crippen molar-refractivity contribution in [3.05, 3.63) is 72.8 Å². The van der Waals surface area contributed by atoms with Crippen molar-refractivity contribution in [3.63, 3.8) is 0 Å². The highest BCUT2D eigenvalue weighted by Crippen LogP contribution is 2.26. The lowest BCUT2D eigenvalue weighted by atomic mass is 10.00. The van der Waals surface area contributed by atoms with Gasteiger partial charge in [0.05, 0.1) is 0 Å². The molecule has 4 aromatic rings. The lowest BCUT2D eigenvalue weighted by Crippen LogP contribution is -1.78. The van der Waals surface area contributed by atoms with E-state index in [1.807, 2.05) is 12.1 Å². The average molecular weight is 226 g/mol. The maximum absolute atomic E-state index is 3.01. The zero-order valence-electron chi connectivity index (χ0n) is 9.77. The Bertz CT molecular complexity index is 728. The molecule has 2 radical (unpaired) electrons. The first-order chi connectivity index (χ1) is 8.90. The van der Waals surface area contributed by atoms with Crippen LogP contribution in [0, 0.1) is 12.1 Å². The van der Waals surface area contributed by atoms with Crippen molar-refractivity contribution in [1.29, 1.82) is 0 Å². The Kier molecular flexibility index (Phi) is 1.92. The molecule has 0 aromatic heterocycles. The van der Waals surface area contributed by atoms with Gasteiger partial charge in [-0.25, -0.2) is 0 Å². The summed E-state index contributed by atoms with van der Waals surface area (Å²) in [4.78, 5) is 0. The predicted molar refractivity (Wildman–Crippen MR) is 76.6 cm³/mol. The van der Waals surface area contributed by atoms with Crippen molar-refractivity contribution in [2.24, 2.45) is 0 Å². The molecular weight excluding hydrogens is 216 g/mol. The topological polar surface area (TPSA) is 0 Å².